The zero-order valence-corrected chi connectivity index (χ0v) is 6.95. The van der Waals surface area contributed by atoms with Crippen LogP contribution in [0.5, 0.6) is 0 Å². The average molecular weight is 160 g/mol. The van der Waals surface area contributed by atoms with E-state index >= 15 is 0 Å². The zero-order chi connectivity index (χ0) is 8.10. The van der Waals surface area contributed by atoms with Gasteiger partial charge >= 0.3 is 0 Å². The van der Waals surface area contributed by atoms with Crippen LogP contribution < -0.4 is 0 Å². The fourth-order valence-corrected chi connectivity index (χ4v) is 1.12. The van der Waals surface area contributed by atoms with E-state index in [1.54, 1.807) is 6.92 Å². The number of rotatable bonds is 4. The van der Waals surface area contributed by atoms with Crippen LogP contribution in [0.4, 0.5) is 0 Å². The van der Waals surface area contributed by atoms with E-state index in [0.29, 0.717) is 12.5 Å². The van der Waals surface area contributed by atoms with Crippen LogP contribution in [0.3, 0.4) is 0 Å². The maximum Gasteiger partial charge on any atom is 0.0745 e. The summed E-state index contributed by atoms with van der Waals surface area (Å²) in [6, 6.07) is 0. The first-order chi connectivity index (χ1) is 5.29. The van der Waals surface area contributed by atoms with Crippen molar-refractivity contribution in [2.45, 2.75) is 19.4 Å². The van der Waals surface area contributed by atoms with Crippen molar-refractivity contribution in [3.8, 4) is 0 Å². The fourth-order valence-electron chi connectivity index (χ4n) is 1.12. The van der Waals surface area contributed by atoms with Gasteiger partial charge in [-0.25, -0.2) is 0 Å². The smallest absolute Gasteiger partial charge is 0.0745 e. The molecule has 2 unspecified atom stereocenters. The summed E-state index contributed by atoms with van der Waals surface area (Å²) >= 11 is 0. The van der Waals surface area contributed by atoms with Gasteiger partial charge in [0.2, 0.25) is 0 Å². The molecule has 0 spiro atoms. The quantitative estimate of drug-likeness (QED) is 0.647. The van der Waals surface area contributed by atoms with Gasteiger partial charge in [0.25, 0.3) is 0 Å². The Bertz CT molecular complexity index is 97.5. The van der Waals surface area contributed by atoms with E-state index in [2.05, 4.69) is 0 Å². The molecule has 3 heteroatoms. The fraction of sp³-hybridized carbons (Fsp3) is 1.00. The van der Waals surface area contributed by atoms with Crippen molar-refractivity contribution < 1.29 is 14.6 Å². The number of aliphatic hydroxyl groups is 1. The lowest BCUT2D eigenvalue weighted by Gasteiger charge is -2.09. The van der Waals surface area contributed by atoms with Crippen LogP contribution in [-0.4, -0.2) is 37.6 Å². The highest BCUT2D eigenvalue weighted by molar-refractivity contribution is 4.62. The monoisotopic (exact) mass is 160 g/mol. The maximum atomic E-state index is 8.87. The Hall–Kier alpha value is -0.120. The summed E-state index contributed by atoms with van der Waals surface area (Å²) in [4.78, 5) is 0. The molecule has 3 nitrogen and oxygen atoms in total. The molecule has 1 heterocycles. The number of hydrogen-bond donors (Lipinski definition) is 1. The predicted octanol–water partition coefficient (Wildman–Crippen LogP) is 0.420. The highest BCUT2D eigenvalue weighted by Gasteiger charge is 2.15. The van der Waals surface area contributed by atoms with E-state index in [1.807, 2.05) is 0 Å². The molecule has 0 amide bonds. The Labute approximate surface area is 67.3 Å². The first-order valence-electron chi connectivity index (χ1n) is 4.12. The summed E-state index contributed by atoms with van der Waals surface area (Å²) in [5, 5.41) is 8.87. The van der Waals surface area contributed by atoms with Crippen molar-refractivity contribution in [1.29, 1.82) is 0 Å². The standard InChI is InChI=1S/C8H16O3/c1-7(9)4-11-6-8-2-3-10-5-8/h7-9H,2-6H2,1H3. The third-order valence-corrected chi connectivity index (χ3v) is 1.74. The van der Waals surface area contributed by atoms with E-state index < -0.39 is 0 Å². The van der Waals surface area contributed by atoms with E-state index in [4.69, 9.17) is 14.6 Å². The molecule has 0 aromatic rings. The van der Waals surface area contributed by atoms with Gasteiger partial charge in [0.05, 0.1) is 25.9 Å². The van der Waals surface area contributed by atoms with E-state index in [-0.39, 0.29) is 6.10 Å². The summed E-state index contributed by atoms with van der Waals surface area (Å²) in [5.41, 5.74) is 0. The van der Waals surface area contributed by atoms with E-state index in [0.717, 1.165) is 26.2 Å². The Kier molecular flexibility index (Phi) is 3.83. The van der Waals surface area contributed by atoms with Crippen LogP contribution in [0.2, 0.25) is 0 Å². The molecule has 0 aromatic carbocycles. The second-order valence-corrected chi connectivity index (χ2v) is 3.12. The first kappa shape index (κ1) is 8.97. The molecule has 0 aliphatic carbocycles. The maximum absolute atomic E-state index is 8.87. The summed E-state index contributed by atoms with van der Waals surface area (Å²) in [6.45, 7) is 4.58. The van der Waals surface area contributed by atoms with Gasteiger partial charge in [-0.2, -0.15) is 0 Å². The van der Waals surface area contributed by atoms with Crippen LogP contribution in [0, 0.1) is 5.92 Å². The molecule has 0 bridgehead atoms. The minimum atomic E-state index is -0.350. The topological polar surface area (TPSA) is 38.7 Å². The normalized spacial score (nSPS) is 27.3. The summed E-state index contributed by atoms with van der Waals surface area (Å²) < 4.78 is 10.4. The summed E-state index contributed by atoms with van der Waals surface area (Å²) in [7, 11) is 0. The number of ether oxygens (including phenoxy) is 2. The molecule has 2 atom stereocenters. The van der Waals surface area contributed by atoms with Crippen molar-refractivity contribution in [3.63, 3.8) is 0 Å². The van der Waals surface area contributed by atoms with Gasteiger partial charge in [0.15, 0.2) is 0 Å². The minimum Gasteiger partial charge on any atom is -0.391 e. The van der Waals surface area contributed by atoms with Crippen LogP contribution in [-0.2, 0) is 9.47 Å². The molecule has 1 aliphatic heterocycles. The molecule has 0 aromatic heterocycles. The Morgan fingerprint density at radius 1 is 1.73 bits per heavy atom. The number of hydrogen-bond acceptors (Lipinski definition) is 3. The average Bonchev–Trinajstić information content (AvgIpc) is 2.39. The first-order valence-corrected chi connectivity index (χ1v) is 4.12. The molecule has 0 radical (unpaired) electrons. The third kappa shape index (κ3) is 3.70. The molecular formula is C8H16O3. The third-order valence-electron chi connectivity index (χ3n) is 1.74. The molecule has 0 saturated carbocycles. The molecule has 1 N–H and O–H groups in total. The summed E-state index contributed by atoms with van der Waals surface area (Å²) in [6.07, 6.45) is 0.747. The van der Waals surface area contributed by atoms with Crippen molar-refractivity contribution >= 4 is 0 Å². The van der Waals surface area contributed by atoms with Gasteiger partial charge in [-0.15, -0.1) is 0 Å². The van der Waals surface area contributed by atoms with Crippen LogP contribution in [0.15, 0.2) is 0 Å². The zero-order valence-electron chi connectivity index (χ0n) is 6.95. The highest BCUT2D eigenvalue weighted by atomic mass is 16.5. The molecule has 1 saturated heterocycles. The number of aliphatic hydroxyl groups excluding tert-OH is 1. The van der Waals surface area contributed by atoms with Gasteiger partial charge in [-0.1, -0.05) is 0 Å². The second-order valence-electron chi connectivity index (χ2n) is 3.12. The van der Waals surface area contributed by atoms with Gasteiger partial charge in [-0.3, -0.25) is 0 Å². The summed E-state index contributed by atoms with van der Waals surface area (Å²) in [5.74, 6) is 0.550. The molecule has 1 fully saturated rings. The lowest BCUT2D eigenvalue weighted by molar-refractivity contribution is 0.0271. The second kappa shape index (κ2) is 4.70. The van der Waals surface area contributed by atoms with Crippen LogP contribution >= 0.6 is 0 Å². The van der Waals surface area contributed by atoms with E-state index in [9.17, 15) is 0 Å². The Morgan fingerprint density at radius 3 is 3.09 bits per heavy atom. The van der Waals surface area contributed by atoms with Crippen molar-refractivity contribution in [2.75, 3.05) is 26.4 Å². The minimum absolute atomic E-state index is 0.350. The molecule has 11 heavy (non-hydrogen) atoms. The molecule has 1 rings (SSSR count). The van der Waals surface area contributed by atoms with Crippen LogP contribution in [0.25, 0.3) is 0 Å². The van der Waals surface area contributed by atoms with Crippen molar-refractivity contribution in [3.05, 3.63) is 0 Å². The van der Waals surface area contributed by atoms with Gasteiger partial charge in [-0.05, 0) is 13.3 Å². The lowest BCUT2D eigenvalue weighted by atomic mass is 10.1. The van der Waals surface area contributed by atoms with Gasteiger partial charge < -0.3 is 14.6 Å². The van der Waals surface area contributed by atoms with E-state index in [1.165, 1.54) is 0 Å². The van der Waals surface area contributed by atoms with Crippen LogP contribution in [0.1, 0.15) is 13.3 Å². The Morgan fingerprint density at radius 2 is 2.55 bits per heavy atom. The lowest BCUT2D eigenvalue weighted by Crippen LogP contribution is -2.16. The Balaban J connectivity index is 1.94. The van der Waals surface area contributed by atoms with Gasteiger partial charge in [0, 0.05) is 12.5 Å². The molecule has 1 aliphatic rings. The largest absolute Gasteiger partial charge is 0.391 e. The molecule has 66 valence electrons. The molecular weight excluding hydrogens is 144 g/mol. The highest BCUT2D eigenvalue weighted by Crippen LogP contribution is 2.12. The van der Waals surface area contributed by atoms with Crippen molar-refractivity contribution in [2.24, 2.45) is 5.92 Å². The predicted molar refractivity (Wildman–Crippen MR) is 41.4 cm³/mol. The SMILES string of the molecule is CC(O)COCC1CCOC1. The van der Waals surface area contributed by atoms with Crippen molar-refractivity contribution in [1.82, 2.24) is 0 Å². The van der Waals surface area contributed by atoms with Gasteiger partial charge in [0.1, 0.15) is 0 Å².